The molecule has 3 heteroatoms. The van der Waals surface area contributed by atoms with E-state index in [0.717, 1.165) is 23.9 Å². The van der Waals surface area contributed by atoms with Gasteiger partial charge in [0.1, 0.15) is 5.76 Å². The zero-order chi connectivity index (χ0) is 13.2. The molecule has 18 heavy (non-hydrogen) atoms. The van der Waals surface area contributed by atoms with E-state index in [2.05, 4.69) is 31.2 Å². The molecule has 0 amide bonds. The quantitative estimate of drug-likeness (QED) is 0.889. The summed E-state index contributed by atoms with van der Waals surface area (Å²) in [6, 6.07) is 2.64. The van der Waals surface area contributed by atoms with Crippen LogP contribution >= 0.6 is 0 Å². The highest BCUT2D eigenvalue weighted by molar-refractivity contribution is 5.03. The van der Waals surface area contributed by atoms with Crippen LogP contribution in [0.25, 0.3) is 0 Å². The summed E-state index contributed by atoms with van der Waals surface area (Å²) in [5, 5.41) is 7.74. The number of aromatic nitrogens is 1. The summed E-state index contributed by atoms with van der Waals surface area (Å²) < 4.78 is 5.11. The smallest absolute Gasteiger partial charge is 0.133 e. The second-order valence-corrected chi connectivity index (χ2v) is 6.67. The molecule has 1 saturated carbocycles. The minimum absolute atomic E-state index is 0.387. The van der Waals surface area contributed by atoms with E-state index < -0.39 is 0 Å². The van der Waals surface area contributed by atoms with Crippen LogP contribution in [-0.4, -0.2) is 11.2 Å². The van der Waals surface area contributed by atoms with Gasteiger partial charge < -0.3 is 9.84 Å². The predicted molar refractivity (Wildman–Crippen MR) is 73.3 cm³/mol. The molecule has 3 nitrogen and oxygen atoms in total. The van der Waals surface area contributed by atoms with Crippen LogP contribution < -0.4 is 5.32 Å². The summed E-state index contributed by atoms with van der Waals surface area (Å²) in [4.78, 5) is 0. The van der Waals surface area contributed by atoms with Crippen molar-refractivity contribution in [2.24, 2.45) is 11.3 Å². The molecule has 1 fully saturated rings. The van der Waals surface area contributed by atoms with Crippen LogP contribution in [0, 0.1) is 18.3 Å². The van der Waals surface area contributed by atoms with E-state index in [-0.39, 0.29) is 0 Å². The van der Waals surface area contributed by atoms with Gasteiger partial charge in [0, 0.05) is 18.7 Å². The van der Waals surface area contributed by atoms with Crippen molar-refractivity contribution >= 4 is 0 Å². The average Bonchev–Trinajstić information content (AvgIpc) is 2.72. The third kappa shape index (κ3) is 3.35. The summed E-state index contributed by atoms with van der Waals surface area (Å²) in [5.74, 6) is 1.65. The van der Waals surface area contributed by atoms with E-state index in [4.69, 9.17) is 4.52 Å². The molecular formula is C15H26N2O. The van der Waals surface area contributed by atoms with Gasteiger partial charge in [-0.1, -0.05) is 38.8 Å². The highest BCUT2D eigenvalue weighted by Gasteiger charge is 2.33. The normalized spacial score (nSPS) is 25.3. The molecule has 2 unspecified atom stereocenters. The van der Waals surface area contributed by atoms with Crippen LogP contribution in [-0.2, 0) is 6.54 Å². The fourth-order valence-corrected chi connectivity index (χ4v) is 3.15. The number of hydrogen-bond donors (Lipinski definition) is 1. The highest BCUT2D eigenvalue weighted by Crippen LogP contribution is 2.38. The van der Waals surface area contributed by atoms with Crippen molar-refractivity contribution in [3.63, 3.8) is 0 Å². The van der Waals surface area contributed by atoms with Gasteiger partial charge in [-0.05, 0) is 31.1 Å². The fourth-order valence-electron chi connectivity index (χ4n) is 3.15. The molecule has 102 valence electrons. The molecule has 2 atom stereocenters. The standard InChI is InChI=1S/C15H26N2O/c1-11-9-12(17-18-11)10-16-14-8-6-5-7-13(14)15(2,3)4/h9,13-14,16H,5-8,10H2,1-4H3. The highest BCUT2D eigenvalue weighted by atomic mass is 16.5. The molecule has 1 aromatic heterocycles. The van der Waals surface area contributed by atoms with Gasteiger partial charge in [0.15, 0.2) is 0 Å². The molecule has 1 N–H and O–H groups in total. The molecule has 0 aromatic carbocycles. The Labute approximate surface area is 110 Å². The topological polar surface area (TPSA) is 38.1 Å². The largest absolute Gasteiger partial charge is 0.361 e. The Morgan fingerprint density at radius 1 is 1.33 bits per heavy atom. The third-order valence-corrected chi connectivity index (χ3v) is 4.10. The zero-order valence-corrected chi connectivity index (χ0v) is 12.1. The molecular weight excluding hydrogens is 224 g/mol. The number of aryl methyl sites for hydroxylation is 1. The van der Waals surface area contributed by atoms with Gasteiger partial charge in [-0.15, -0.1) is 0 Å². The van der Waals surface area contributed by atoms with Crippen molar-refractivity contribution in [1.29, 1.82) is 0 Å². The van der Waals surface area contributed by atoms with Gasteiger partial charge in [-0.25, -0.2) is 0 Å². The lowest BCUT2D eigenvalue weighted by Crippen LogP contribution is -2.43. The number of nitrogens with zero attached hydrogens (tertiary/aromatic N) is 1. The van der Waals surface area contributed by atoms with E-state index >= 15 is 0 Å². The van der Waals surface area contributed by atoms with Crippen molar-refractivity contribution in [1.82, 2.24) is 10.5 Å². The first-order valence-electron chi connectivity index (χ1n) is 7.12. The molecule has 1 heterocycles. The lowest BCUT2D eigenvalue weighted by Gasteiger charge is -2.40. The monoisotopic (exact) mass is 250 g/mol. The van der Waals surface area contributed by atoms with E-state index in [1.165, 1.54) is 25.7 Å². The second-order valence-electron chi connectivity index (χ2n) is 6.67. The fraction of sp³-hybridized carbons (Fsp3) is 0.800. The maximum atomic E-state index is 5.11. The SMILES string of the molecule is Cc1cc(CNC2CCCCC2C(C)(C)C)no1. The van der Waals surface area contributed by atoms with E-state index in [1.807, 2.05) is 13.0 Å². The van der Waals surface area contributed by atoms with Gasteiger partial charge in [0.25, 0.3) is 0 Å². The van der Waals surface area contributed by atoms with Gasteiger partial charge >= 0.3 is 0 Å². The molecule has 0 spiro atoms. The first kappa shape index (κ1) is 13.6. The molecule has 0 saturated heterocycles. The van der Waals surface area contributed by atoms with E-state index in [0.29, 0.717) is 11.5 Å². The predicted octanol–water partition coefficient (Wildman–Crippen LogP) is 3.68. The van der Waals surface area contributed by atoms with Crippen LogP contribution in [0.5, 0.6) is 0 Å². The van der Waals surface area contributed by atoms with Crippen molar-refractivity contribution < 1.29 is 4.52 Å². The van der Waals surface area contributed by atoms with Crippen LogP contribution in [0.4, 0.5) is 0 Å². The second kappa shape index (κ2) is 5.43. The maximum absolute atomic E-state index is 5.11. The van der Waals surface area contributed by atoms with E-state index in [9.17, 15) is 0 Å². The van der Waals surface area contributed by atoms with Gasteiger partial charge in [0.2, 0.25) is 0 Å². The van der Waals surface area contributed by atoms with Gasteiger partial charge in [-0.3, -0.25) is 0 Å². The maximum Gasteiger partial charge on any atom is 0.133 e. The Morgan fingerprint density at radius 3 is 2.67 bits per heavy atom. The van der Waals surface area contributed by atoms with Gasteiger partial charge in [0.05, 0.1) is 5.69 Å². The molecule has 0 aliphatic heterocycles. The summed E-state index contributed by atoms with van der Waals surface area (Å²) in [5.41, 5.74) is 1.41. The average molecular weight is 250 g/mol. The first-order valence-corrected chi connectivity index (χ1v) is 7.12. The van der Waals surface area contributed by atoms with Crippen molar-refractivity contribution in [3.05, 3.63) is 17.5 Å². The summed E-state index contributed by atoms with van der Waals surface area (Å²) in [7, 11) is 0. The Bertz CT molecular complexity index is 378. The lowest BCUT2D eigenvalue weighted by molar-refractivity contribution is 0.129. The Hall–Kier alpha value is -0.830. The van der Waals surface area contributed by atoms with Crippen LogP contribution in [0.2, 0.25) is 0 Å². The van der Waals surface area contributed by atoms with Crippen molar-refractivity contribution in [2.45, 2.75) is 66.0 Å². The first-order chi connectivity index (χ1) is 8.47. The Kier molecular flexibility index (Phi) is 4.10. The van der Waals surface area contributed by atoms with Gasteiger partial charge in [-0.2, -0.15) is 0 Å². The third-order valence-electron chi connectivity index (χ3n) is 4.10. The molecule has 0 bridgehead atoms. The molecule has 1 aromatic rings. The number of nitrogens with one attached hydrogen (secondary N) is 1. The number of rotatable bonds is 3. The minimum atomic E-state index is 0.387. The van der Waals surface area contributed by atoms with Crippen molar-refractivity contribution in [2.75, 3.05) is 0 Å². The Balaban J connectivity index is 1.93. The summed E-state index contributed by atoms with van der Waals surface area (Å²) >= 11 is 0. The molecule has 2 rings (SSSR count). The minimum Gasteiger partial charge on any atom is -0.361 e. The summed E-state index contributed by atoms with van der Waals surface area (Å²) in [6.07, 6.45) is 5.36. The molecule has 1 aliphatic carbocycles. The Morgan fingerprint density at radius 2 is 2.06 bits per heavy atom. The number of hydrogen-bond acceptors (Lipinski definition) is 3. The lowest BCUT2D eigenvalue weighted by atomic mass is 9.69. The molecule has 1 aliphatic rings. The summed E-state index contributed by atoms with van der Waals surface area (Å²) in [6.45, 7) is 9.84. The zero-order valence-electron chi connectivity index (χ0n) is 12.1. The molecule has 0 radical (unpaired) electrons. The van der Waals surface area contributed by atoms with E-state index in [1.54, 1.807) is 0 Å². The van der Waals surface area contributed by atoms with Crippen molar-refractivity contribution in [3.8, 4) is 0 Å². The van der Waals surface area contributed by atoms with Crippen LogP contribution in [0.1, 0.15) is 57.9 Å². The van der Waals surface area contributed by atoms with Crippen LogP contribution in [0.3, 0.4) is 0 Å². The van der Waals surface area contributed by atoms with Crippen LogP contribution in [0.15, 0.2) is 10.6 Å².